The summed E-state index contributed by atoms with van der Waals surface area (Å²) in [6.45, 7) is 5.23. The maximum absolute atomic E-state index is 12.4. The summed E-state index contributed by atoms with van der Waals surface area (Å²) in [5, 5.41) is 2.79. The molecule has 1 N–H and O–H groups in total. The van der Waals surface area contributed by atoms with Crippen LogP contribution in [-0.4, -0.2) is 32.2 Å². The summed E-state index contributed by atoms with van der Waals surface area (Å²) in [7, 11) is 1.31. The van der Waals surface area contributed by atoms with E-state index in [2.05, 4.69) is 12.2 Å². The first kappa shape index (κ1) is 22.3. The standard InChI is InChI=1S/C23H29NO5/c1-4-6-15-29-20-13-11-17(16-21(20)28-5-2)12-14-22(25)24-19-10-8-7-9-18(19)23(26)27-3/h7-11,13,16H,4-6,12,14-15H2,1-3H3,(H,24,25). The maximum atomic E-state index is 12.4. The first-order chi connectivity index (χ1) is 14.1. The van der Waals surface area contributed by atoms with Crippen molar-refractivity contribution in [2.75, 3.05) is 25.6 Å². The third-order valence-corrected chi connectivity index (χ3v) is 4.31. The Morgan fingerprint density at radius 3 is 2.52 bits per heavy atom. The van der Waals surface area contributed by atoms with Gasteiger partial charge in [0.1, 0.15) is 0 Å². The highest BCUT2D eigenvalue weighted by atomic mass is 16.5. The fraction of sp³-hybridized carbons (Fsp3) is 0.391. The van der Waals surface area contributed by atoms with Gasteiger partial charge < -0.3 is 19.5 Å². The van der Waals surface area contributed by atoms with Gasteiger partial charge in [-0.1, -0.05) is 31.5 Å². The van der Waals surface area contributed by atoms with E-state index in [4.69, 9.17) is 14.2 Å². The lowest BCUT2D eigenvalue weighted by molar-refractivity contribution is -0.116. The molecule has 29 heavy (non-hydrogen) atoms. The third kappa shape index (κ3) is 6.82. The zero-order chi connectivity index (χ0) is 21.1. The highest BCUT2D eigenvalue weighted by Crippen LogP contribution is 2.29. The second kappa shape index (κ2) is 11.7. The highest BCUT2D eigenvalue weighted by molar-refractivity contribution is 6.01. The number of benzene rings is 2. The van der Waals surface area contributed by atoms with Gasteiger partial charge in [-0.15, -0.1) is 0 Å². The van der Waals surface area contributed by atoms with Crippen LogP contribution in [-0.2, 0) is 16.0 Å². The van der Waals surface area contributed by atoms with Gasteiger partial charge in [0.05, 0.1) is 31.6 Å². The summed E-state index contributed by atoms with van der Waals surface area (Å²) in [5.41, 5.74) is 1.75. The molecule has 0 bridgehead atoms. The maximum Gasteiger partial charge on any atom is 0.339 e. The van der Waals surface area contributed by atoms with Crippen LogP contribution in [0.25, 0.3) is 0 Å². The molecule has 2 rings (SSSR count). The number of para-hydroxylation sites is 1. The molecule has 2 aromatic carbocycles. The number of hydrogen-bond donors (Lipinski definition) is 1. The highest BCUT2D eigenvalue weighted by Gasteiger charge is 2.14. The molecule has 0 aliphatic rings. The number of aryl methyl sites for hydroxylation is 1. The summed E-state index contributed by atoms with van der Waals surface area (Å²) in [5.74, 6) is 0.751. The number of amides is 1. The Kier molecular flexibility index (Phi) is 9.02. The number of carbonyl (C=O) groups excluding carboxylic acids is 2. The largest absolute Gasteiger partial charge is 0.490 e. The van der Waals surface area contributed by atoms with Crippen LogP contribution in [0.2, 0.25) is 0 Å². The fourth-order valence-electron chi connectivity index (χ4n) is 2.77. The summed E-state index contributed by atoms with van der Waals surface area (Å²) in [6.07, 6.45) is 2.87. The lowest BCUT2D eigenvalue weighted by atomic mass is 10.1. The average Bonchev–Trinajstić information content (AvgIpc) is 2.73. The quantitative estimate of drug-likeness (QED) is 0.441. The Balaban J connectivity index is 1.99. The average molecular weight is 399 g/mol. The molecule has 0 saturated carbocycles. The molecule has 2 aromatic rings. The van der Waals surface area contributed by atoms with E-state index in [9.17, 15) is 9.59 Å². The molecule has 0 aromatic heterocycles. The number of methoxy groups -OCH3 is 1. The molecule has 0 heterocycles. The topological polar surface area (TPSA) is 73.9 Å². The van der Waals surface area contributed by atoms with Crippen molar-refractivity contribution in [1.82, 2.24) is 0 Å². The molecular formula is C23H29NO5. The van der Waals surface area contributed by atoms with E-state index in [1.165, 1.54) is 7.11 Å². The number of hydrogen-bond acceptors (Lipinski definition) is 5. The van der Waals surface area contributed by atoms with Crippen LogP contribution in [0.5, 0.6) is 11.5 Å². The monoisotopic (exact) mass is 399 g/mol. The molecule has 0 saturated heterocycles. The Hall–Kier alpha value is -3.02. The van der Waals surface area contributed by atoms with Crippen molar-refractivity contribution in [1.29, 1.82) is 0 Å². The Morgan fingerprint density at radius 1 is 1.00 bits per heavy atom. The molecule has 0 fully saturated rings. The predicted molar refractivity (Wildman–Crippen MR) is 113 cm³/mol. The van der Waals surface area contributed by atoms with Gasteiger partial charge in [-0.3, -0.25) is 4.79 Å². The minimum Gasteiger partial charge on any atom is -0.490 e. The molecule has 0 spiro atoms. The number of nitrogens with one attached hydrogen (secondary N) is 1. The van der Waals surface area contributed by atoms with E-state index in [1.54, 1.807) is 24.3 Å². The Bertz CT molecular complexity index is 819. The Morgan fingerprint density at radius 2 is 1.79 bits per heavy atom. The SMILES string of the molecule is CCCCOc1ccc(CCC(=O)Nc2ccccc2C(=O)OC)cc1OCC. The zero-order valence-corrected chi connectivity index (χ0v) is 17.3. The van der Waals surface area contributed by atoms with Crippen molar-refractivity contribution < 1.29 is 23.8 Å². The number of carbonyl (C=O) groups is 2. The van der Waals surface area contributed by atoms with Gasteiger partial charge in [-0.25, -0.2) is 4.79 Å². The normalized spacial score (nSPS) is 10.3. The van der Waals surface area contributed by atoms with Crippen LogP contribution < -0.4 is 14.8 Å². The summed E-state index contributed by atoms with van der Waals surface area (Å²) in [4.78, 5) is 24.2. The molecule has 0 radical (unpaired) electrons. The van der Waals surface area contributed by atoms with E-state index < -0.39 is 5.97 Å². The van der Waals surface area contributed by atoms with E-state index in [0.29, 0.717) is 36.6 Å². The molecule has 1 amide bonds. The molecule has 6 nitrogen and oxygen atoms in total. The molecule has 0 aliphatic carbocycles. The lowest BCUT2D eigenvalue weighted by Crippen LogP contribution is -2.15. The van der Waals surface area contributed by atoms with E-state index in [-0.39, 0.29) is 12.3 Å². The molecular weight excluding hydrogens is 370 g/mol. The first-order valence-electron chi connectivity index (χ1n) is 9.94. The summed E-state index contributed by atoms with van der Waals surface area (Å²) >= 11 is 0. The lowest BCUT2D eigenvalue weighted by Gasteiger charge is -2.13. The Labute approximate surface area is 172 Å². The van der Waals surface area contributed by atoms with Gasteiger partial charge in [0.25, 0.3) is 0 Å². The molecule has 0 unspecified atom stereocenters. The van der Waals surface area contributed by atoms with Crippen molar-refractivity contribution in [2.24, 2.45) is 0 Å². The van der Waals surface area contributed by atoms with Crippen molar-refractivity contribution in [3.05, 3.63) is 53.6 Å². The van der Waals surface area contributed by atoms with Gasteiger partial charge in [0.15, 0.2) is 11.5 Å². The van der Waals surface area contributed by atoms with Crippen molar-refractivity contribution in [3.8, 4) is 11.5 Å². The van der Waals surface area contributed by atoms with Gasteiger partial charge in [-0.05, 0) is 49.6 Å². The number of anilines is 1. The fourth-order valence-corrected chi connectivity index (χ4v) is 2.77. The van der Waals surface area contributed by atoms with Crippen LogP contribution in [0.3, 0.4) is 0 Å². The van der Waals surface area contributed by atoms with E-state index in [0.717, 1.165) is 24.2 Å². The zero-order valence-electron chi connectivity index (χ0n) is 17.3. The molecule has 156 valence electrons. The number of ether oxygens (including phenoxy) is 3. The van der Waals surface area contributed by atoms with Crippen LogP contribution in [0.4, 0.5) is 5.69 Å². The first-order valence-corrected chi connectivity index (χ1v) is 9.94. The molecule has 0 atom stereocenters. The van der Waals surface area contributed by atoms with Crippen LogP contribution in [0, 0.1) is 0 Å². The van der Waals surface area contributed by atoms with Crippen molar-refractivity contribution in [2.45, 2.75) is 39.5 Å². The van der Waals surface area contributed by atoms with Gasteiger partial charge in [0, 0.05) is 6.42 Å². The predicted octanol–water partition coefficient (Wildman–Crippen LogP) is 4.62. The van der Waals surface area contributed by atoms with Gasteiger partial charge in [-0.2, -0.15) is 0 Å². The smallest absolute Gasteiger partial charge is 0.339 e. The van der Waals surface area contributed by atoms with Crippen LogP contribution in [0.15, 0.2) is 42.5 Å². The summed E-state index contributed by atoms with van der Waals surface area (Å²) in [6, 6.07) is 12.5. The minimum atomic E-state index is -0.485. The summed E-state index contributed by atoms with van der Waals surface area (Å²) < 4.78 is 16.2. The van der Waals surface area contributed by atoms with Gasteiger partial charge >= 0.3 is 5.97 Å². The van der Waals surface area contributed by atoms with Crippen molar-refractivity contribution >= 4 is 17.6 Å². The van der Waals surface area contributed by atoms with Crippen molar-refractivity contribution in [3.63, 3.8) is 0 Å². The van der Waals surface area contributed by atoms with E-state index in [1.807, 2.05) is 25.1 Å². The molecule has 6 heteroatoms. The molecule has 0 aliphatic heterocycles. The second-order valence-electron chi connectivity index (χ2n) is 6.50. The van der Waals surface area contributed by atoms with E-state index >= 15 is 0 Å². The second-order valence-corrected chi connectivity index (χ2v) is 6.50. The number of rotatable bonds is 11. The van der Waals surface area contributed by atoms with Gasteiger partial charge in [0.2, 0.25) is 5.91 Å². The van der Waals surface area contributed by atoms with Crippen LogP contribution in [0.1, 0.15) is 49.0 Å². The van der Waals surface area contributed by atoms with Crippen LogP contribution >= 0.6 is 0 Å². The third-order valence-electron chi connectivity index (χ3n) is 4.31. The number of unbranched alkanes of at least 4 members (excludes halogenated alkanes) is 1. The minimum absolute atomic E-state index is 0.178. The number of esters is 1.